The minimum Gasteiger partial charge on any atom is -0.340 e. The van der Waals surface area contributed by atoms with Crippen molar-refractivity contribution in [3.05, 3.63) is 0 Å². The Kier molecular flexibility index (Phi) is 5.99. The first-order valence-corrected chi connectivity index (χ1v) is 7.69. The Balaban J connectivity index is 2.89. The summed E-state index contributed by atoms with van der Waals surface area (Å²) in [5.74, 6) is 0.0911. The Bertz CT molecular complexity index is 351. The molecular formula is C15H29N3O2. The van der Waals surface area contributed by atoms with E-state index < -0.39 is 5.54 Å². The third kappa shape index (κ3) is 3.32. The third-order valence-electron chi connectivity index (χ3n) is 4.31. The van der Waals surface area contributed by atoms with Crippen molar-refractivity contribution in [3.8, 4) is 0 Å². The molecule has 1 fully saturated rings. The normalized spacial score (nSPS) is 22.3. The van der Waals surface area contributed by atoms with E-state index in [0.717, 1.165) is 13.0 Å². The van der Waals surface area contributed by atoms with Crippen LogP contribution in [0.25, 0.3) is 0 Å². The van der Waals surface area contributed by atoms with Crippen LogP contribution in [0.1, 0.15) is 46.5 Å². The van der Waals surface area contributed by atoms with E-state index in [1.807, 2.05) is 34.9 Å². The molecule has 0 radical (unpaired) electrons. The third-order valence-corrected chi connectivity index (χ3v) is 4.31. The van der Waals surface area contributed by atoms with Crippen LogP contribution in [0.3, 0.4) is 0 Å². The van der Waals surface area contributed by atoms with E-state index in [9.17, 15) is 9.59 Å². The quantitative estimate of drug-likeness (QED) is 0.764. The highest BCUT2D eigenvalue weighted by molar-refractivity contribution is 5.99. The lowest BCUT2D eigenvalue weighted by atomic mass is 9.86. The lowest BCUT2D eigenvalue weighted by Crippen LogP contribution is -2.70. The summed E-state index contributed by atoms with van der Waals surface area (Å²) in [4.78, 5) is 29.0. The Morgan fingerprint density at radius 3 is 2.25 bits per heavy atom. The summed E-state index contributed by atoms with van der Waals surface area (Å²) < 4.78 is 0. The van der Waals surface area contributed by atoms with Crippen LogP contribution in [0.4, 0.5) is 0 Å². The van der Waals surface area contributed by atoms with E-state index in [1.54, 1.807) is 4.90 Å². The maximum atomic E-state index is 12.8. The number of carbonyl (C=O) groups is 2. The minimum absolute atomic E-state index is 0.000605. The average Bonchev–Trinajstić information content (AvgIpc) is 2.42. The fraction of sp³-hybridized carbons (Fsp3) is 0.867. The molecule has 5 nitrogen and oxygen atoms in total. The van der Waals surface area contributed by atoms with Gasteiger partial charge in [-0.3, -0.25) is 9.59 Å². The van der Waals surface area contributed by atoms with E-state index in [-0.39, 0.29) is 17.9 Å². The zero-order chi connectivity index (χ0) is 15.3. The first-order chi connectivity index (χ1) is 9.41. The van der Waals surface area contributed by atoms with Gasteiger partial charge in [-0.25, -0.2) is 0 Å². The molecule has 1 N–H and O–H groups in total. The van der Waals surface area contributed by atoms with Crippen molar-refractivity contribution in [1.82, 2.24) is 15.1 Å². The van der Waals surface area contributed by atoms with Gasteiger partial charge in [0.1, 0.15) is 11.6 Å². The maximum absolute atomic E-state index is 12.8. The second-order valence-corrected chi connectivity index (χ2v) is 5.86. The lowest BCUT2D eigenvalue weighted by molar-refractivity contribution is -0.155. The summed E-state index contributed by atoms with van der Waals surface area (Å²) in [5, 5.41) is 2.97. The van der Waals surface area contributed by atoms with Crippen LogP contribution in [0.5, 0.6) is 0 Å². The van der Waals surface area contributed by atoms with Crippen molar-refractivity contribution in [2.75, 3.05) is 27.2 Å². The van der Waals surface area contributed by atoms with Crippen LogP contribution in [-0.4, -0.2) is 60.4 Å². The molecule has 1 aliphatic heterocycles. The van der Waals surface area contributed by atoms with Crippen LogP contribution < -0.4 is 5.32 Å². The molecule has 2 amide bonds. The summed E-state index contributed by atoms with van der Waals surface area (Å²) in [6, 6.07) is -0.309. The van der Waals surface area contributed by atoms with Crippen molar-refractivity contribution < 1.29 is 9.59 Å². The van der Waals surface area contributed by atoms with Gasteiger partial charge in [-0.05, 0) is 46.3 Å². The molecule has 1 aliphatic rings. The molecule has 1 heterocycles. The number of hydrogen-bond donors (Lipinski definition) is 1. The molecule has 0 aromatic rings. The van der Waals surface area contributed by atoms with Crippen molar-refractivity contribution in [3.63, 3.8) is 0 Å². The first kappa shape index (κ1) is 17.0. The van der Waals surface area contributed by atoms with Crippen molar-refractivity contribution in [2.24, 2.45) is 0 Å². The number of piperazine rings is 1. The molecule has 0 aromatic heterocycles. The Morgan fingerprint density at radius 1 is 1.20 bits per heavy atom. The van der Waals surface area contributed by atoms with Gasteiger partial charge in [0.15, 0.2) is 0 Å². The van der Waals surface area contributed by atoms with Gasteiger partial charge in [0.05, 0.1) is 0 Å². The zero-order valence-corrected chi connectivity index (χ0v) is 13.5. The highest BCUT2D eigenvalue weighted by Crippen LogP contribution is 2.26. The predicted molar refractivity (Wildman–Crippen MR) is 80.4 cm³/mol. The van der Waals surface area contributed by atoms with E-state index in [0.29, 0.717) is 25.8 Å². The van der Waals surface area contributed by atoms with E-state index in [2.05, 4.69) is 10.2 Å². The van der Waals surface area contributed by atoms with Gasteiger partial charge >= 0.3 is 0 Å². The fourth-order valence-corrected chi connectivity index (χ4v) is 2.88. The van der Waals surface area contributed by atoms with Gasteiger partial charge < -0.3 is 15.1 Å². The topological polar surface area (TPSA) is 52.7 Å². The number of nitrogens with zero attached hydrogens (tertiary/aromatic N) is 2. The summed E-state index contributed by atoms with van der Waals surface area (Å²) in [6.07, 6.45) is 2.86. The molecule has 1 rings (SSSR count). The Hall–Kier alpha value is -1.10. The van der Waals surface area contributed by atoms with Gasteiger partial charge in [0.2, 0.25) is 11.8 Å². The van der Waals surface area contributed by atoms with Crippen LogP contribution in [0, 0.1) is 0 Å². The smallest absolute Gasteiger partial charge is 0.248 e. The number of nitrogens with one attached hydrogen (secondary N) is 1. The van der Waals surface area contributed by atoms with Crippen LogP contribution in [-0.2, 0) is 9.59 Å². The largest absolute Gasteiger partial charge is 0.340 e. The molecule has 1 unspecified atom stereocenters. The molecule has 0 saturated carbocycles. The van der Waals surface area contributed by atoms with Crippen molar-refractivity contribution >= 4 is 11.8 Å². The first-order valence-electron chi connectivity index (χ1n) is 7.69. The molecule has 1 atom stereocenters. The molecular weight excluding hydrogens is 254 g/mol. The van der Waals surface area contributed by atoms with Crippen molar-refractivity contribution in [1.29, 1.82) is 0 Å². The average molecular weight is 283 g/mol. The van der Waals surface area contributed by atoms with Gasteiger partial charge in [0, 0.05) is 6.54 Å². The van der Waals surface area contributed by atoms with Gasteiger partial charge in [0.25, 0.3) is 0 Å². The number of amides is 2. The van der Waals surface area contributed by atoms with Crippen molar-refractivity contribution in [2.45, 2.75) is 58.0 Å². The summed E-state index contributed by atoms with van der Waals surface area (Å²) in [7, 11) is 4.04. The Labute approximate surface area is 122 Å². The highest BCUT2D eigenvalue weighted by Gasteiger charge is 2.47. The monoisotopic (exact) mass is 283 g/mol. The second-order valence-electron chi connectivity index (χ2n) is 5.86. The SMILES string of the molecule is CCC1C(=O)NC(CC)(CC)C(=O)N1CCCN(C)C. The van der Waals surface area contributed by atoms with Crippen LogP contribution in [0.15, 0.2) is 0 Å². The van der Waals surface area contributed by atoms with E-state index >= 15 is 0 Å². The summed E-state index contributed by atoms with van der Waals surface area (Å²) >= 11 is 0. The van der Waals surface area contributed by atoms with Gasteiger partial charge in [-0.15, -0.1) is 0 Å². The standard InChI is InChI=1S/C15H29N3O2/c1-6-12-13(19)16-15(7-2,8-3)14(20)18(12)11-9-10-17(4)5/h12H,6-11H2,1-5H3,(H,16,19). The number of rotatable bonds is 7. The summed E-state index contributed by atoms with van der Waals surface area (Å²) in [6.45, 7) is 7.47. The predicted octanol–water partition coefficient (Wildman–Crippen LogP) is 1.23. The van der Waals surface area contributed by atoms with E-state index in [1.165, 1.54) is 0 Å². The second kappa shape index (κ2) is 7.07. The molecule has 5 heteroatoms. The Morgan fingerprint density at radius 2 is 1.80 bits per heavy atom. The lowest BCUT2D eigenvalue weighted by Gasteiger charge is -2.45. The maximum Gasteiger partial charge on any atom is 0.248 e. The minimum atomic E-state index is -0.694. The van der Waals surface area contributed by atoms with Crippen LogP contribution >= 0.6 is 0 Å². The highest BCUT2D eigenvalue weighted by atomic mass is 16.2. The zero-order valence-electron chi connectivity index (χ0n) is 13.5. The molecule has 1 saturated heterocycles. The number of carbonyl (C=O) groups excluding carboxylic acids is 2. The summed E-state index contributed by atoms with van der Waals surface area (Å²) in [5.41, 5.74) is -0.694. The van der Waals surface area contributed by atoms with Crippen LogP contribution in [0.2, 0.25) is 0 Å². The molecule has 0 spiro atoms. The molecule has 0 bridgehead atoms. The molecule has 116 valence electrons. The van der Waals surface area contributed by atoms with Gasteiger partial charge in [-0.2, -0.15) is 0 Å². The van der Waals surface area contributed by atoms with E-state index in [4.69, 9.17) is 0 Å². The molecule has 0 aromatic carbocycles. The molecule has 20 heavy (non-hydrogen) atoms. The number of hydrogen-bond acceptors (Lipinski definition) is 3. The molecule has 0 aliphatic carbocycles. The van der Waals surface area contributed by atoms with Gasteiger partial charge in [-0.1, -0.05) is 20.8 Å². The fourth-order valence-electron chi connectivity index (χ4n) is 2.88.